The largest absolute Gasteiger partial charge is 0.573 e. The number of halogens is 3. The van der Waals surface area contributed by atoms with Crippen LogP contribution in [0.2, 0.25) is 0 Å². The van der Waals surface area contributed by atoms with E-state index >= 15 is 0 Å². The van der Waals surface area contributed by atoms with Crippen LogP contribution in [0.1, 0.15) is 25.7 Å². The maximum atomic E-state index is 12.3. The Bertz CT molecular complexity index is 751. The summed E-state index contributed by atoms with van der Waals surface area (Å²) in [5, 5.41) is 1.41. The first-order valence-corrected chi connectivity index (χ1v) is 7.73. The number of hydrogen-bond acceptors (Lipinski definition) is 5. The highest BCUT2D eigenvalue weighted by Gasteiger charge is 2.32. The van der Waals surface area contributed by atoms with Crippen LogP contribution >= 0.6 is 0 Å². The van der Waals surface area contributed by atoms with E-state index in [2.05, 4.69) is 10.2 Å². The summed E-state index contributed by atoms with van der Waals surface area (Å²) in [6.07, 6.45) is 0.632. The number of ketones is 1. The smallest absolute Gasteiger partial charge is 0.406 e. The number of hydrogen-bond donors (Lipinski definition) is 1. The number of alkyl halides is 3. The van der Waals surface area contributed by atoms with Gasteiger partial charge < -0.3 is 10.2 Å². The van der Waals surface area contributed by atoms with Gasteiger partial charge in [0.2, 0.25) is 5.78 Å². The molecule has 1 heterocycles. The normalized spacial score (nSPS) is 17.4. The predicted molar refractivity (Wildman–Crippen MR) is 83.4 cm³/mol. The minimum absolute atomic E-state index is 0.219. The number of hydrazine groups is 1. The standard InChI is InChI=1S/C17H15F3N2O3/c18-17(19,20)25-13-7-5-12(6-8-13)22-16(15(24)10-23)14-4-2-1-3-11(14)9-21-22/h5-10,21H,1-4H2. The number of carbonyl (C=O) groups is 2. The Balaban J connectivity index is 1.93. The van der Waals surface area contributed by atoms with Crippen LogP contribution in [0.15, 0.2) is 47.3 Å². The molecule has 0 aromatic heterocycles. The van der Waals surface area contributed by atoms with Crippen molar-refractivity contribution >= 4 is 17.8 Å². The number of nitrogens with one attached hydrogen (secondary N) is 1. The Labute approximate surface area is 141 Å². The van der Waals surface area contributed by atoms with Crippen LogP contribution in [0.5, 0.6) is 5.75 Å². The van der Waals surface area contributed by atoms with Gasteiger partial charge >= 0.3 is 6.36 Å². The Hall–Kier alpha value is -2.77. The topological polar surface area (TPSA) is 58.6 Å². The maximum Gasteiger partial charge on any atom is 0.573 e. The molecule has 1 aliphatic heterocycles. The van der Waals surface area contributed by atoms with Crippen molar-refractivity contribution < 1.29 is 27.5 Å². The van der Waals surface area contributed by atoms with Crippen LogP contribution < -0.4 is 15.2 Å². The van der Waals surface area contributed by atoms with Crippen LogP contribution in [-0.4, -0.2) is 18.4 Å². The van der Waals surface area contributed by atoms with E-state index in [0.717, 1.165) is 42.5 Å². The number of ether oxygens (including phenoxy) is 1. The second-order valence-corrected chi connectivity index (χ2v) is 5.69. The minimum Gasteiger partial charge on any atom is -0.406 e. The lowest BCUT2D eigenvalue weighted by Gasteiger charge is -2.34. The summed E-state index contributed by atoms with van der Waals surface area (Å²) in [7, 11) is 0. The van der Waals surface area contributed by atoms with Gasteiger partial charge in [-0.2, -0.15) is 0 Å². The van der Waals surface area contributed by atoms with E-state index in [4.69, 9.17) is 0 Å². The molecule has 0 bridgehead atoms. The molecule has 0 radical (unpaired) electrons. The molecule has 25 heavy (non-hydrogen) atoms. The Morgan fingerprint density at radius 1 is 1.16 bits per heavy atom. The van der Waals surface area contributed by atoms with Crippen molar-refractivity contribution in [3.8, 4) is 5.75 Å². The minimum atomic E-state index is -4.77. The van der Waals surface area contributed by atoms with Gasteiger partial charge in [0.15, 0.2) is 6.29 Å². The van der Waals surface area contributed by atoms with Gasteiger partial charge in [-0.1, -0.05) is 0 Å². The van der Waals surface area contributed by atoms with Crippen molar-refractivity contribution in [2.24, 2.45) is 0 Å². The average Bonchev–Trinajstić information content (AvgIpc) is 2.59. The second-order valence-electron chi connectivity index (χ2n) is 5.69. The van der Waals surface area contributed by atoms with Gasteiger partial charge in [-0.05, 0) is 61.1 Å². The van der Waals surface area contributed by atoms with Crippen LogP contribution in [0, 0.1) is 0 Å². The third-order valence-corrected chi connectivity index (χ3v) is 4.06. The first-order chi connectivity index (χ1) is 11.9. The van der Waals surface area contributed by atoms with Crippen molar-refractivity contribution in [3.63, 3.8) is 0 Å². The summed E-state index contributed by atoms with van der Waals surface area (Å²) in [5.74, 6) is -1.04. The van der Waals surface area contributed by atoms with Gasteiger partial charge in [0, 0.05) is 6.20 Å². The van der Waals surface area contributed by atoms with E-state index in [-0.39, 0.29) is 17.7 Å². The molecule has 1 aliphatic carbocycles. The second kappa shape index (κ2) is 6.62. The number of benzene rings is 1. The highest BCUT2D eigenvalue weighted by molar-refractivity contribution is 6.34. The molecule has 1 N–H and O–H groups in total. The fourth-order valence-corrected chi connectivity index (χ4v) is 3.02. The lowest BCUT2D eigenvalue weighted by molar-refractivity contribution is -0.274. The van der Waals surface area contributed by atoms with Gasteiger partial charge in [-0.25, -0.2) is 0 Å². The van der Waals surface area contributed by atoms with E-state index in [1.54, 1.807) is 6.20 Å². The van der Waals surface area contributed by atoms with Crippen LogP contribution in [0.4, 0.5) is 18.9 Å². The summed E-state index contributed by atoms with van der Waals surface area (Å²) < 4.78 is 40.6. The number of fused-ring (bicyclic) bond motifs is 1. The van der Waals surface area contributed by atoms with E-state index in [9.17, 15) is 22.8 Å². The first-order valence-electron chi connectivity index (χ1n) is 7.73. The van der Waals surface area contributed by atoms with Crippen molar-refractivity contribution in [3.05, 3.63) is 47.3 Å². The molecule has 1 aromatic rings. The zero-order valence-electron chi connectivity index (χ0n) is 13.1. The molecule has 0 spiro atoms. The van der Waals surface area contributed by atoms with Crippen LogP contribution in [0.3, 0.4) is 0 Å². The van der Waals surface area contributed by atoms with Gasteiger partial charge in [0.25, 0.3) is 0 Å². The Morgan fingerprint density at radius 2 is 1.84 bits per heavy atom. The molecule has 0 saturated heterocycles. The molecule has 1 saturated carbocycles. The van der Waals surface area contributed by atoms with Gasteiger partial charge in [-0.15, -0.1) is 13.2 Å². The molecule has 5 nitrogen and oxygen atoms in total. The molecule has 0 amide bonds. The number of allylic oxidation sites excluding steroid dienone is 3. The predicted octanol–water partition coefficient (Wildman–Crippen LogP) is 3.39. The summed E-state index contributed by atoms with van der Waals surface area (Å²) in [4.78, 5) is 23.2. The monoisotopic (exact) mass is 352 g/mol. The summed E-state index contributed by atoms with van der Waals surface area (Å²) in [6.45, 7) is 0. The zero-order valence-corrected chi connectivity index (χ0v) is 13.1. The van der Waals surface area contributed by atoms with E-state index in [0.29, 0.717) is 12.1 Å². The highest BCUT2D eigenvalue weighted by atomic mass is 19.4. The zero-order chi connectivity index (χ0) is 18.0. The van der Waals surface area contributed by atoms with Crippen molar-refractivity contribution in [1.82, 2.24) is 5.43 Å². The van der Waals surface area contributed by atoms with Crippen LogP contribution in [0.25, 0.3) is 0 Å². The fourth-order valence-electron chi connectivity index (χ4n) is 3.02. The lowest BCUT2D eigenvalue weighted by atomic mass is 9.87. The molecule has 3 rings (SSSR count). The van der Waals surface area contributed by atoms with Crippen LogP contribution in [-0.2, 0) is 9.59 Å². The number of rotatable bonds is 4. The van der Waals surface area contributed by atoms with Gasteiger partial charge in [0.05, 0.1) is 5.69 Å². The molecule has 8 heteroatoms. The average molecular weight is 352 g/mol. The fraction of sp³-hybridized carbons (Fsp3) is 0.294. The van der Waals surface area contributed by atoms with E-state index in [1.165, 1.54) is 17.1 Å². The molecule has 132 valence electrons. The molecule has 1 fully saturated rings. The third-order valence-electron chi connectivity index (χ3n) is 4.06. The summed E-state index contributed by atoms with van der Waals surface area (Å²) >= 11 is 0. The van der Waals surface area contributed by atoms with Crippen molar-refractivity contribution in [2.45, 2.75) is 32.0 Å². The molecule has 0 unspecified atom stereocenters. The number of carbonyl (C=O) groups excluding carboxylic acids is 2. The quantitative estimate of drug-likeness (QED) is 0.665. The number of anilines is 1. The lowest BCUT2D eigenvalue weighted by Crippen LogP contribution is -2.41. The Morgan fingerprint density at radius 3 is 2.48 bits per heavy atom. The number of aldehydes is 1. The molecule has 0 atom stereocenters. The number of nitrogens with zero attached hydrogens (tertiary/aromatic N) is 1. The molecular weight excluding hydrogens is 337 g/mol. The van der Waals surface area contributed by atoms with Gasteiger partial charge in [-0.3, -0.25) is 14.6 Å². The third kappa shape index (κ3) is 3.67. The molecule has 2 aliphatic rings. The highest BCUT2D eigenvalue weighted by Crippen LogP contribution is 2.36. The number of Topliss-reactive ketones (excluding diaryl/α,β-unsaturated/α-hetero) is 1. The summed E-state index contributed by atoms with van der Waals surface area (Å²) in [6, 6.07) is 5.07. The molecule has 1 aromatic carbocycles. The Kier molecular flexibility index (Phi) is 4.52. The van der Waals surface area contributed by atoms with Gasteiger partial charge in [0.1, 0.15) is 11.4 Å². The SMILES string of the molecule is O=CC(=O)C1=C2CCCCC2=CNN1c1ccc(OC(F)(F)F)cc1. The van der Waals surface area contributed by atoms with E-state index < -0.39 is 12.1 Å². The maximum absolute atomic E-state index is 12.3. The molecular formula is C17H15F3N2O3. The van der Waals surface area contributed by atoms with E-state index in [1.807, 2.05) is 0 Å². The summed E-state index contributed by atoms with van der Waals surface area (Å²) in [5.41, 5.74) is 5.36. The van der Waals surface area contributed by atoms with Crippen molar-refractivity contribution in [1.29, 1.82) is 0 Å². The first kappa shape index (κ1) is 17.1. The van der Waals surface area contributed by atoms with Crippen molar-refractivity contribution in [2.75, 3.05) is 5.01 Å².